The summed E-state index contributed by atoms with van der Waals surface area (Å²) in [5, 5.41) is 2.47. The first-order chi connectivity index (χ1) is 6.45. The summed E-state index contributed by atoms with van der Waals surface area (Å²) in [6, 6.07) is 0. The van der Waals surface area contributed by atoms with Crippen molar-refractivity contribution < 1.29 is 22.8 Å². The molecule has 4 nitrogen and oxygen atoms in total. The van der Waals surface area contributed by atoms with Crippen molar-refractivity contribution in [1.82, 2.24) is 10.8 Å². The number of carbonyl (C=O) groups is 1. The summed E-state index contributed by atoms with van der Waals surface area (Å²) in [5.74, 6) is 1.47. The molecule has 0 saturated carbocycles. The molecule has 80 valence electrons. The van der Waals surface area contributed by atoms with Crippen LogP contribution in [0.2, 0.25) is 0 Å². The van der Waals surface area contributed by atoms with E-state index in [4.69, 9.17) is 6.42 Å². The maximum absolute atomic E-state index is 11.5. The SMILES string of the molecule is C#CCNCC(=O)NOCC(F)(F)F. The lowest BCUT2D eigenvalue weighted by atomic mass is 10.5. The number of hydrogen-bond donors (Lipinski definition) is 2. The molecule has 0 aliphatic carbocycles. The molecule has 0 radical (unpaired) electrons. The van der Waals surface area contributed by atoms with Crippen molar-refractivity contribution in [3.8, 4) is 12.3 Å². The van der Waals surface area contributed by atoms with Gasteiger partial charge in [0.2, 0.25) is 0 Å². The van der Waals surface area contributed by atoms with E-state index in [0.717, 1.165) is 0 Å². The lowest BCUT2D eigenvalue weighted by Gasteiger charge is -2.07. The van der Waals surface area contributed by atoms with Crippen LogP contribution in [-0.4, -0.2) is 31.8 Å². The van der Waals surface area contributed by atoms with Gasteiger partial charge in [-0.15, -0.1) is 6.42 Å². The van der Waals surface area contributed by atoms with E-state index in [1.807, 2.05) is 0 Å². The van der Waals surface area contributed by atoms with E-state index in [1.165, 1.54) is 0 Å². The van der Waals surface area contributed by atoms with E-state index < -0.39 is 18.7 Å². The van der Waals surface area contributed by atoms with Crippen LogP contribution in [0.4, 0.5) is 13.2 Å². The number of hydroxylamine groups is 1. The number of alkyl halides is 3. The smallest absolute Gasteiger partial charge is 0.298 e. The van der Waals surface area contributed by atoms with Gasteiger partial charge in [0, 0.05) is 0 Å². The van der Waals surface area contributed by atoms with Gasteiger partial charge in [0.1, 0.15) is 0 Å². The Hall–Kier alpha value is -1.26. The van der Waals surface area contributed by atoms with E-state index >= 15 is 0 Å². The zero-order valence-electron chi connectivity index (χ0n) is 7.15. The van der Waals surface area contributed by atoms with Crippen LogP contribution in [0.5, 0.6) is 0 Å². The number of rotatable bonds is 5. The standard InChI is InChI=1S/C7H9F3N2O2/c1-2-3-11-4-6(13)12-14-5-7(8,9)10/h1,11H,3-5H2,(H,12,13). The minimum Gasteiger partial charge on any atom is -0.298 e. The largest absolute Gasteiger partial charge is 0.414 e. The molecular formula is C7H9F3N2O2. The second kappa shape index (κ2) is 6.23. The van der Waals surface area contributed by atoms with Crippen molar-refractivity contribution in [3.05, 3.63) is 0 Å². The van der Waals surface area contributed by atoms with Gasteiger partial charge in [-0.1, -0.05) is 5.92 Å². The first kappa shape index (κ1) is 12.7. The highest BCUT2D eigenvalue weighted by atomic mass is 19.4. The molecule has 0 aromatic carbocycles. The first-order valence-corrected chi connectivity index (χ1v) is 3.57. The van der Waals surface area contributed by atoms with Crippen LogP contribution in [0.1, 0.15) is 0 Å². The lowest BCUT2D eigenvalue weighted by molar-refractivity contribution is -0.191. The van der Waals surface area contributed by atoms with E-state index in [1.54, 1.807) is 5.48 Å². The minimum absolute atomic E-state index is 0.159. The number of hydrogen-bond acceptors (Lipinski definition) is 3. The highest BCUT2D eigenvalue weighted by Crippen LogP contribution is 2.13. The fourth-order valence-electron chi connectivity index (χ4n) is 0.483. The Morgan fingerprint density at radius 1 is 1.50 bits per heavy atom. The molecule has 0 fully saturated rings. The van der Waals surface area contributed by atoms with Gasteiger partial charge < -0.3 is 0 Å². The second-order valence-corrected chi connectivity index (χ2v) is 2.24. The molecule has 0 heterocycles. The quantitative estimate of drug-likeness (QED) is 0.376. The zero-order chi connectivity index (χ0) is 11.0. The molecule has 2 N–H and O–H groups in total. The van der Waals surface area contributed by atoms with Crippen LogP contribution < -0.4 is 10.8 Å². The molecule has 7 heteroatoms. The molecule has 0 aromatic heterocycles. The Morgan fingerprint density at radius 3 is 2.64 bits per heavy atom. The first-order valence-electron chi connectivity index (χ1n) is 3.57. The Labute approximate surface area is 78.8 Å². The maximum atomic E-state index is 11.5. The van der Waals surface area contributed by atoms with Crippen LogP contribution in [0.3, 0.4) is 0 Å². The molecule has 0 unspecified atom stereocenters. The van der Waals surface area contributed by atoms with Crippen LogP contribution in [0.25, 0.3) is 0 Å². The Morgan fingerprint density at radius 2 is 2.14 bits per heavy atom. The molecule has 0 rings (SSSR count). The van der Waals surface area contributed by atoms with Gasteiger partial charge in [-0.05, 0) is 0 Å². The topological polar surface area (TPSA) is 50.4 Å². The van der Waals surface area contributed by atoms with Crippen LogP contribution >= 0.6 is 0 Å². The van der Waals surface area contributed by atoms with Gasteiger partial charge in [0.15, 0.2) is 6.61 Å². The van der Waals surface area contributed by atoms with Gasteiger partial charge in [-0.2, -0.15) is 13.2 Å². The van der Waals surface area contributed by atoms with Crippen molar-refractivity contribution in [2.75, 3.05) is 19.7 Å². The third-order valence-corrected chi connectivity index (χ3v) is 0.934. The summed E-state index contributed by atoms with van der Waals surface area (Å²) < 4.78 is 34.5. The number of halogens is 3. The molecular weight excluding hydrogens is 201 g/mol. The summed E-state index contributed by atoms with van der Waals surface area (Å²) in [6.07, 6.45) is 0.389. The molecule has 0 aliphatic heterocycles. The van der Waals surface area contributed by atoms with Crippen molar-refractivity contribution in [3.63, 3.8) is 0 Å². The highest BCUT2D eigenvalue weighted by molar-refractivity contribution is 5.76. The van der Waals surface area contributed by atoms with Crippen molar-refractivity contribution >= 4 is 5.91 Å². The van der Waals surface area contributed by atoms with Crippen molar-refractivity contribution in [2.24, 2.45) is 0 Å². The molecule has 14 heavy (non-hydrogen) atoms. The van der Waals surface area contributed by atoms with E-state index in [9.17, 15) is 18.0 Å². The Balaban J connectivity index is 3.42. The van der Waals surface area contributed by atoms with Crippen molar-refractivity contribution in [1.29, 1.82) is 0 Å². The van der Waals surface area contributed by atoms with Gasteiger partial charge >= 0.3 is 6.18 Å². The summed E-state index contributed by atoms with van der Waals surface area (Å²) in [4.78, 5) is 14.5. The zero-order valence-corrected chi connectivity index (χ0v) is 7.15. The molecule has 0 atom stereocenters. The van der Waals surface area contributed by atoms with Gasteiger partial charge in [0.25, 0.3) is 5.91 Å². The predicted molar refractivity (Wildman–Crippen MR) is 41.9 cm³/mol. The summed E-state index contributed by atoms with van der Waals surface area (Å²) in [6.45, 7) is -1.55. The molecule has 0 bridgehead atoms. The average Bonchev–Trinajstić information content (AvgIpc) is 2.02. The lowest BCUT2D eigenvalue weighted by Crippen LogP contribution is -2.36. The third-order valence-electron chi connectivity index (χ3n) is 0.934. The Kier molecular flexibility index (Phi) is 5.67. The van der Waals surface area contributed by atoms with E-state index in [2.05, 4.69) is 16.1 Å². The van der Waals surface area contributed by atoms with Crippen molar-refractivity contribution in [2.45, 2.75) is 6.18 Å². The summed E-state index contributed by atoms with van der Waals surface area (Å²) in [7, 11) is 0. The summed E-state index contributed by atoms with van der Waals surface area (Å²) >= 11 is 0. The van der Waals surface area contributed by atoms with Crippen LogP contribution in [0, 0.1) is 12.3 Å². The average molecular weight is 210 g/mol. The Bertz CT molecular complexity index is 222. The van der Waals surface area contributed by atoms with Gasteiger partial charge in [0.05, 0.1) is 13.1 Å². The molecule has 1 amide bonds. The fraction of sp³-hybridized carbons (Fsp3) is 0.571. The fourth-order valence-corrected chi connectivity index (χ4v) is 0.483. The number of amides is 1. The van der Waals surface area contributed by atoms with Gasteiger partial charge in [-0.3, -0.25) is 14.9 Å². The monoisotopic (exact) mass is 210 g/mol. The van der Waals surface area contributed by atoms with Crippen LogP contribution in [0.15, 0.2) is 0 Å². The number of terminal acetylenes is 1. The molecule has 0 saturated heterocycles. The minimum atomic E-state index is -4.46. The maximum Gasteiger partial charge on any atom is 0.414 e. The third kappa shape index (κ3) is 8.83. The van der Waals surface area contributed by atoms with E-state index in [-0.39, 0.29) is 13.1 Å². The predicted octanol–water partition coefficient (Wildman–Crippen LogP) is -0.181. The number of carbonyl (C=O) groups excluding carboxylic acids is 1. The second-order valence-electron chi connectivity index (χ2n) is 2.24. The van der Waals surface area contributed by atoms with Crippen LogP contribution in [-0.2, 0) is 9.63 Å². The van der Waals surface area contributed by atoms with E-state index in [0.29, 0.717) is 0 Å². The molecule has 0 spiro atoms. The normalized spacial score (nSPS) is 10.7. The molecule has 0 aliphatic rings. The highest BCUT2D eigenvalue weighted by Gasteiger charge is 2.28. The van der Waals surface area contributed by atoms with Gasteiger partial charge in [-0.25, -0.2) is 5.48 Å². The summed E-state index contributed by atoms with van der Waals surface area (Å²) in [5.41, 5.74) is 1.61. The molecule has 0 aromatic rings. The number of nitrogens with one attached hydrogen (secondary N) is 2.